The second-order valence-electron chi connectivity index (χ2n) is 7.11. The van der Waals surface area contributed by atoms with Crippen LogP contribution < -0.4 is 10.8 Å². The van der Waals surface area contributed by atoms with Gasteiger partial charge in [0.05, 0.1) is 5.54 Å². The predicted molar refractivity (Wildman–Crippen MR) is 102 cm³/mol. The largest absolute Gasteiger partial charge is 0.317 e. The maximum atomic E-state index is 12.2. The molecular weight excluding hydrogens is 361 g/mol. The van der Waals surface area contributed by atoms with Gasteiger partial charge in [0.25, 0.3) is 5.91 Å². The number of rotatable bonds is 4. The van der Waals surface area contributed by atoms with E-state index in [0.717, 1.165) is 32.5 Å². The lowest BCUT2D eigenvalue weighted by molar-refractivity contribution is -0.0912. The van der Waals surface area contributed by atoms with Crippen molar-refractivity contribution in [3.63, 3.8) is 0 Å². The number of piperidine rings is 1. The number of hydrogen-bond donors (Lipinski definition) is 2. The average molecular weight is 388 g/mol. The van der Waals surface area contributed by atoms with E-state index in [1.807, 2.05) is 18.2 Å². The van der Waals surface area contributed by atoms with Crippen LogP contribution in [0.25, 0.3) is 0 Å². The SMILES string of the molecule is CC1(C)N(C2CCNCC2)CC[C@]1(Cl)ONC(=O)c1ccccc1.Cl. The zero-order valence-corrected chi connectivity index (χ0v) is 16.3. The zero-order chi connectivity index (χ0) is 17.2. The lowest BCUT2D eigenvalue weighted by atomic mass is 9.94. The van der Waals surface area contributed by atoms with Crippen molar-refractivity contribution in [1.29, 1.82) is 0 Å². The number of amides is 1. The molecule has 1 aromatic rings. The van der Waals surface area contributed by atoms with Crippen LogP contribution in [0.2, 0.25) is 0 Å². The molecule has 0 spiro atoms. The number of carbonyl (C=O) groups excluding carboxylic acids is 1. The van der Waals surface area contributed by atoms with Gasteiger partial charge in [-0.1, -0.05) is 29.8 Å². The van der Waals surface area contributed by atoms with Crippen molar-refractivity contribution < 1.29 is 9.63 Å². The van der Waals surface area contributed by atoms with Gasteiger partial charge in [-0.05, 0) is 51.9 Å². The van der Waals surface area contributed by atoms with Crippen molar-refractivity contribution in [2.75, 3.05) is 19.6 Å². The minimum atomic E-state index is -0.928. The van der Waals surface area contributed by atoms with Crippen molar-refractivity contribution in [2.24, 2.45) is 0 Å². The molecule has 5 nitrogen and oxygen atoms in total. The fraction of sp³-hybridized carbons (Fsp3) is 0.611. The maximum Gasteiger partial charge on any atom is 0.274 e. The summed E-state index contributed by atoms with van der Waals surface area (Å²) >= 11 is 6.81. The molecule has 1 amide bonds. The van der Waals surface area contributed by atoms with Gasteiger partial charge in [-0.2, -0.15) is 0 Å². The normalized spacial score (nSPS) is 26.8. The zero-order valence-electron chi connectivity index (χ0n) is 14.8. The summed E-state index contributed by atoms with van der Waals surface area (Å²) in [5.41, 5.74) is 2.75. The van der Waals surface area contributed by atoms with E-state index in [1.165, 1.54) is 0 Å². The van der Waals surface area contributed by atoms with Crippen LogP contribution >= 0.6 is 24.0 Å². The highest BCUT2D eigenvalue weighted by Crippen LogP contribution is 2.45. The van der Waals surface area contributed by atoms with Gasteiger partial charge in [-0.25, -0.2) is 10.3 Å². The van der Waals surface area contributed by atoms with E-state index < -0.39 is 5.06 Å². The van der Waals surface area contributed by atoms with E-state index in [4.69, 9.17) is 16.4 Å². The Hall–Kier alpha value is -0.850. The van der Waals surface area contributed by atoms with Gasteiger partial charge in [-0.15, -0.1) is 12.4 Å². The van der Waals surface area contributed by atoms with Crippen LogP contribution in [0.1, 0.15) is 43.5 Å². The lowest BCUT2D eigenvalue weighted by Gasteiger charge is -2.45. The number of likely N-dealkylation sites (tertiary alicyclic amines) is 1. The number of nitrogens with zero attached hydrogens (tertiary/aromatic N) is 1. The molecule has 2 N–H and O–H groups in total. The summed E-state index contributed by atoms with van der Waals surface area (Å²) in [6.45, 7) is 7.16. The average Bonchev–Trinajstić information content (AvgIpc) is 2.84. The molecule has 7 heteroatoms. The summed E-state index contributed by atoms with van der Waals surface area (Å²) in [6, 6.07) is 9.53. The Morgan fingerprint density at radius 3 is 2.56 bits per heavy atom. The Morgan fingerprint density at radius 1 is 1.28 bits per heavy atom. The number of carbonyl (C=O) groups is 1. The Labute approximate surface area is 160 Å². The first-order valence-electron chi connectivity index (χ1n) is 8.64. The van der Waals surface area contributed by atoms with Gasteiger partial charge < -0.3 is 5.32 Å². The van der Waals surface area contributed by atoms with E-state index in [9.17, 15) is 4.79 Å². The molecule has 0 saturated carbocycles. The molecule has 0 bridgehead atoms. The standard InChI is InChI=1S/C18H26ClN3O2.ClH/c1-17(2)18(19,10-13-22(17)15-8-11-20-12-9-15)24-21-16(23)14-6-4-3-5-7-14;/h3-7,15,20H,8-13H2,1-2H3,(H,21,23);1H/t18-;/m0./s1. The molecule has 1 aromatic carbocycles. The molecular formula is C18H27Cl2N3O2. The van der Waals surface area contributed by atoms with Crippen LogP contribution in [-0.2, 0) is 4.84 Å². The van der Waals surface area contributed by atoms with Crippen LogP contribution in [0.4, 0.5) is 0 Å². The number of nitrogens with one attached hydrogen (secondary N) is 2. The Morgan fingerprint density at radius 2 is 1.92 bits per heavy atom. The molecule has 0 aromatic heterocycles. The monoisotopic (exact) mass is 387 g/mol. The molecule has 140 valence electrons. The highest BCUT2D eigenvalue weighted by atomic mass is 35.5. The van der Waals surface area contributed by atoms with Gasteiger partial charge in [0.15, 0.2) is 5.06 Å². The van der Waals surface area contributed by atoms with Gasteiger partial charge in [0.1, 0.15) is 0 Å². The Bertz CT molecular complexity index is 579. The summed E-state index contributed by atoms with van der Waals surface area (Å²) in [5, 5.41) is 2.47. The van der Waals surface area contributed by atoms with E-state index in [-0.39, 0.29) is 23.9 Å². The first-order valence-corrected chi connectivity index (χ1v) is 9.02. The lowest BCUT2D eigenvalue weighted by Crippen LogP contribution is -2.58. The highest BCUT2D eigenvalue weighted by molar-refractivity contribution is 6.24. The van der Waals surface area contributed by atoms with Gasteiger partial charge in [-0.3, -0.25) is 9.69 Å². The number of hydroxylamine groups is 1. The summed E-state index contributed by atoms with van der Waals surface area (Å²) in [5.74, 6) is -0.272. The first-order chi connectivity index (χ1) is 11.4. The summed E-state index contributed by atoms with van der Waals surface area (Å²) < 4.78 is 0. The summed E-state index contributed by atoms with van der Waals surface area (Å²) in [4.78, 5) is 20.4. The van der Waals surface area contributed by atoms with E-state index >= 15 is 0 Å². The third kappa shape index (κ3) is 4.12. The minimum absolute atomic E-state index is 0. The highest BCUT2D eigenvalue weighted by Gasteiger charge is 2.56. The number of halogens is 2. The third-order valence-corrected chi connectivity index (χ3v) is 6.13. The van der Waals surface area contributed by atoms with Crippen molar-refractivity contribution in [3.8, 4) is 0 Å². The molecule has 2 aliphatic heterocycles. The predicted octanol–water partition coefficient (Wildman–Crippen LogP) is 2.94. The topological polar surface area (TPSA) is 53.6 Å². The van der Waals surface area contributed by atoms with Crippen molar-refractivity contribution in [2.45, 2.75) is 49.8 Å². The second kappa shape index (κ2) is 8.23. The first kappa shape index (κ1) is 20.5. The third-order valence-electron chi connectivity index (χ3n) is 5.40. The van der Waals surface area contributed by atoms with E-state index in [1.54, 1.807) is 12.1 Å². The van der Waals surface area contributed by atoms with Gasteiger partial charge >= 0.3 is 0 Å². The van der Waals surface area contributed by atoms with E-state index in [2.05, 4.69) is 29.5 Å². The fourth-order valence-corrected chi connectivity index (χ4v) is 4.00. The molecule has 2 aliphatic rings. The maximum absolute atomic E-state index is 12.2. The van der Waals surface area contributed by atoms with Crippen LogP contribution in [0.15, 0.2) is 30.3 Å². The summed E-state index contributed by atoms with van der Waals surface area (Å²) in [6.07, 6.45) is 2.92. The Balaban J connectivity index is 0.00000225. The number of hydrogen-bond acceptors (Lipinski definition) is 4. The van der Waals surface area contributed by atoms with Gasteiger partial charge in [0, 0.05) is 24.6 Å². The van der Waals surface area contributed by atoms with Crippen molar-refractivity contribution in [3.05, 3.63) is 35.9 Å². The van der Waals surface area contributed by atoms with E-state index in [0.29, 0.717) is 18.0 Å². The smallest absolute Gasteiger partial charge is 0.274 e. The second-order valence-corrected chi connectivity index (χ2v) is 7.72. The number of benzene rings is 1. The molecule has 0 aliphatic carbocycles. The van der Waals surface area contributed by atoms with Crippen molar-refractivity contribution >= 4 is 29.9 Å². The molecule has 25 heavy (non-hydrogen) atoms. The molecule has 0 radical (unpaired) electrons. The molecule has 3 rings (SSSR count). The van der Waals surface area contributed by atoms with Crippen LogP contribution in [-0.4, -0.2) is 47.1 Å². The van der Waals surface area contributed by atoms with Crippen LogP contribution in [0, 0.1) is 0 Å². The van der Waals surface area contributed by atoms with Crippen molar-refractivity contribution in [1.82, 2.24) is 15.7 Å². The quantitative estimate of drug-likeness (QED) is 0.615. The van der Waals surface area contributed by atoms with Crippen LogP contribution in [0.5, 0.6) is 0 Å². The van der Waals surface area contributed by atoms with Gasteiger partial charge in [0.2, 0.25) is 0 Å². The molecule has 1 atom stereocenters. The molecule has 2 heterocycles. The Kier molecular flexibility index (Phi) is 6.74. The molecule has 2 fully saturated rings. The molecule has 0 unspecified atom stereocenters. The molecule has 2 saturated heterocycles. The fourth-order valence-electron chi connectivity index (χ4n) is 3.77. The number of alkyl halides is 1. The summed E-state index contributed by atoms with van der Waals surface area (Å²) in [7, 11) is 0. The minimum Gasteiger partial charge on any atom is -0.317 e. The van der Waals surface area contributed by atoms with Crippen LogP contribution in [0.3, 0.4) is 0 Å².